The maximum Gasteiger partial charge on any atom is 0.322 e. The Hall–Kier alpha value is -6.31. The quantitative estimate of drug-likeness (QED) is 0.0232. The minimum Gasteiger partial charge on any atom is -0.468 e. The van der Waals surface area contributed by atoms with Gasteiger partial charge in [-0.2, -0.15) is 5.10 Å². The molecular weight excluding hydrogens is 990 g/mol. The number of benzene rings is 1. The van der Waals surface area contributed by atoms with Crippen LogP contribution in [0.25, 0.3) is 22.0 Å². The Labute approximate surface area is 418 Å². The van der Waals surface area contributed by atoms with E-state index in [-0.39, 0.29) is 144 Å². The van der Waals surface area contributed by atoms with Crippen molar-refractivity contribution in [1.29, 1.82) is 0 Å². The number of nitrogens with one attached hydrogen (secondary N) is 4. The minimum atomic E-state index is -0.847. The second-order valence-electron chi connectivity index (χ2n) is 17.3. The molecule has 0 bridgehead atoms. The van der Waals surface area contributed by atoms with Crippen molar-refractivity contribution in [2.75, 3.05) is 78.4 Å². The highest BCUT2D eigenvalue weighted by Crippen LogP contribution is 2.59. The fourth-order valence-corrected chi connectivity index (χ4v) is 8.26. The number of pyridine rings is 1. The summed E-state index contributed by atoms with van der Waals surface area (Å²) in [4.78, 5) is 103. The van der Waals surface area contributed by atoms with E-state index >= 15 is 0 Å². The predicted octanol–water partition coefficient (Wildman–Crippen LogP) is 1.38. The zero-order valence-corrected chi connectivity index (χ0v) is 41.7. The van der Waals surface area contributed by atoms with Crippen LogP contribution in [0.2, 0.25) is 0 Å². The highest BCUT2D eigenvalue weighted by atomic mass is 79.9. The molecule has 1 aliphatic heterocycles. The number of nitrogens with two attached hydrogens (primary N) is 1. The van der Waals surface area contributed by atoms with Crippen molar-refractivity contribution in [2.24, 2.45) is 11.1 Å². The lowest BCUT2D eigenvalue weighted by Crippen LogP contribution is -2.47. The van der Waals surface area contributed by atoms with Crippen LogP contribution in [0, 0.1) is 12.3 Å². The first-order valence-corrected chi connectivity index (χ1v) is 23.9. The van der Waals surface area contributed by atoms with Crippen molar-refractivity contribution in [1.82, 2.24) is 45.6 Å². The number of esters is 1. The largest absolute Gasteiger partial charge is 0.468 e. The summed E-state index contributed by atoms with van der Waals surface area (Å²) >= 11 is 3.35. The number of carbonyl (C=O) groups is 7. The van der Waals surface area contributed by atoms with Crippen LogP contribution in [0.4, 0.5) is 5.82 Å². The summed E-state index contributed by atoms with van der Waals surface area (Å²) in [5.74, 6) is -1.59. The van der Waals surface area contributed by atoms with Crippen molar-refractivity contribution in [3.05, 3.63) is 64.4 Å². The van der Waals surface area contributed by atoms with Crippen molar-refractivity contribution in [2.45, 2.75) is 77.7 Å². The molecule has 1 saturated carbocycles. The van der Waals surface area contributed by atoms with Crippen molar-refractivity contribution >= 4 is 73.9 Å². The number of piperidine rings is 1. The zero-order chi connectivity index (χ0) is 51.1. The van der Waals surface area contributed by atoms with E-state index in [4.69, 9.17) is 24.7 Å². The number of anilines is 1. The molecule has 2 fully saturated rings. The second kappa shape index (κ2) is 25.7. The number of methoxy groups -OCH3 is 1. The van der Waals surface area contributed by atoms with Crippen molar-refractivity contribution in [3.63, 3.8) is 0 Å². The number of hydrogen-bond acceptors (Lipinski definition) is 17. The summed E-state index contributed by atoms with van der Waals surface area (Å²) < 4.78 is 28.1. The van der Waals surface area contributed by atoms with Crippen LogP contribution in [-0.2, 0) is 65.5 Å². The predicted molar refractivity (Wildman–Crippen MR) is 258 cm³/mol. The standard InChI is InChI=1S/C47H60BrN11O12/c1-28-5-9-37(48)55-44(28)56-45(65)35-20-47(3)21-36(47)59(35)42(64)25-58-34-8-6-30(19-32(34)43(57-58)29(2)60)31-22-52-38(53-23-31)24-54-41(63)27-71-18-16-69-14-12-51-40(62)26-70-17-15-68-13-11-50-39(61)10-7-33(49)46(66)67-4/h5-6,8-9,19,22-23,33,35-36H,7,10-18,20-21,24-27,49H2,1-4H3,(H,50,61)(H,51,62)(H,54,63)(H,55,56,65)/t33-,35-,36+,47-/m0/s1. The van der Waals surface area contributed by atoms with Crippen LogP contribution in [0.5, 0.6) is 0 Å². The van der Waals surface area contributed by atoms with Gasteiger partial charge in [0.2, 0.25) is 29.5 Å². The summed E-state index contributed by atoms with van der Waals surface area (Å²) in [7, 11) is 1.23. The number of nitrogens with zero attached hydrogens (tertiary/aromatic N) is 6. The molecule has 4 heterocycles. The molecule has 6 rings (SSSR count). The third-order valence-electron chi connectivity index (χ3n) is 11.9. The van der Waals surface area contributed by atoms with Crippen LogP contribution in [-0.4, -0.2) is 162 Å². The summed E-state index contributed by atoms with van der Waals surface area (Å²) in [5.41, 5.74) is 8.40. The van der Waals surface area contributed by atoms with Gasteiger partial charge in [-0.25, -0.2) is 15.0 Å². The molecule has 24 heteroatoms. The van der Waals surface area contributed by atoms with E-state index in [2.05, 4.69) is 68.9 Å². The summed E-state index contributed by atoms with van der Waals surface area (Å²) in [6.07, 6.45) is 4.81. The van der Waals surface area contributed by atoms with E-state index in [9.17, 15) is 33.6 Å². The Morgan fingerprint density at radius 1 is 0.845 bits per heavy atom. The monoisotopic (exact) mass is 1050 g/mol. The maximum absolute atomic E-state index is 14.0. The average molecular weight is 1050 g/mol. The first kappa shape index (κ1) is 54.0. The van der Waals surface area contributed by atoms with Gasteiger partial charge in [0.05, 0.1) is 58.8 Å². The topological polar surface area (TPSA) is 300 Å². The molecule has 71 heavy (non-hydrogen) atoms. The van der Waals surface area contributed by atoms with Gasteiger partial charge < -0.3 is 55.6 Å². The van der Waals surface area contributed by atoms with Gasteiger partial charge in [0.15, 0.2) is 5.78 Å². The van der Waals surface area contributed by atoms with Gasteiger partial charge >= 0.3 is 5.97 Å². The maximum atomic E-state index is 14.0. The summed E-state index contributed by atoms with van der Waals surface area (Å²) in [6, 6.07) is 7.46. The first-order valence-electron chi connectivity index (χ1n) is 23.1. The van der Waals surface area contributed by atoms with Crippen LogP contribution in [0.1, 0.15) is 61.4 Å². The van der Waals surface area contributed by atoms with E-state index < -0.39 is 18.1 Å². The molecular formula is C47H60BrN11O12. The van der Waals surface area contributed by atoms with E-state index in [0.29, 0.717) is 44.7 Å². The fraction of sp³-hybridized carbons (Fsp3) is 0.511. The smallest absolute Gasteiger partial charge is 0.322 e. The number of likely N-dealkylation sites (tertiary alicyclic amines) is 1. The lowest BCUT2D eigenvalue weighted by atomic mass is 10.0. The van der Waals surface area contributed by atoms with Gasteiger partial charge in [-0.3, -0.25) is 38.2 Å². The van der Waals surface area contributed by atoms with E-state index in [1.165, 1.54) is 18.7 Å². The molecule has 1 saturated heterocycles. The Morgan fingerprint density at radius 3 is 2.15 bits per heavy atom. The van der Waals surface area contributed by atoms with Crippen LogP contribution >= 0.6 is 15.9 Å². The highest BCUT2D eigenvalue weighted by Gasteiger charge is 2.64. The SMILES string of the molecule is COC(=O)[C@@H](N)CCC(=O)NCCOCCOCC(=O)NCCOCCOCC(=O)NCc1ncc(-c2ccc3c(c2)c(C(C)=O)nn3CC(=O)N2[C@H](C(=O)Nc3nc(Br)ccc3C)C[C@@]3(C)C[C@@H]23)cn1. The molecule has 0 spiro atoms. The van der Waals surface area contributed by atoms with Gasteiger partial charge in [0.25, 0.3) is 0 Å². The van der Waals surface area contributed by atoms with Crippen molar-refractivity contribution < 1.29 is 57.2 Å². The Bertz CT molecular complexity index is 2560. The number of ketones is 1. The second-order valence-corrected chi connectivity index (χ2v) is 18.2. The molecule has 4 aromatic rings. The van der Waals surface area contributed by atoms with Gasteiger partial charge in [0.1, 0.15) is 53.8 Å². The van der Waals surface area contributed by atoms with Crippen LogP contribution in [0.3, 0.4) is 0 Å². The Kier molecular flexibility index (Phi) is 19.6. The number of aryl methyl sites for hydroxylation is 1. The highest BCUT2D eigenvalue weighted by molar-refractivity contribution is 9.10. The molecule has 6 N–H and O–H groups in total. The molecule has 382 valence electrons. The number of halogens is 1. The molecule has 2 aliphatic rings. The van der Waals surface area contributed by atoms with E-state index in [1.807, 2.05) is 19.1 Å². The third kappa shape index (κ3) is 15.3. The number of fused-ring (bicyclic) bond motifs is 2. The van der Waals surface area contributed by atoms with E-state index in [1.54, 1.807) is 35.5 Å². The summed E-state index contributed by atoms with van der Waals surface area (Å²) in [5, 5.41) is 16.1. The molecule has 0 unspecified atom stereocenters. The molecule has 4 atom stereocenters. The number of carbonyl (C=O) groups excluding carboxylic acids is 7. The van der Waals surface area contributed by atoms with Gasteiger partial charge in [-0.05, 0) is 76.9 Å². The number of aromatic nitrogens is 5. The number of rotatable bonds is 28. The van der Waals surface area contributed by atoms with Gasteiger partial charge in [-0.1, -0.05) is 19.1 Å². The van der Waals surface area contributed by atoms with Crippen molar-refractivity contribution in [3.8, 4) is 11.1 Å². The fourth-order valence-electron chi connectivity index (χ4n) is 7.95. The number of hydrogen-bond donors (Lipinski definition) is 5. The molecule has 3 aromatic heterocycles. The molecule has 23 nitrogen and oxygen atoms in total. The Morgan fingerprint density at radius 2 is 1.49 bits per heavy atom. The lowest BCUT2D eigenvalue weighted by molar-refractivity contribution is -0.142. The van der Waals surface area contributed by atoms with E-state index in [0.717, 1.165) is 12.0 Å². The molecule has 0 radical (unpaired) electrons. The zero-order valence-electron chi connectivity index (χ0n) is 40.1. The Balaban J connectivity index is 0.847. The minimum absolute atomic E-state index is 0.0571. The number of Topliss-reactive ketones (excluding diaryl/α,β-unsaturated/α-hetero) is 1. The van der Waals surface area contributed by atoms with Crippen LogP contribution in [0.15, 0.2) is 47.3 Å². The van der Waals surface area contributed by atoms with Gasteiger partial charge in [-0.15, -0.1) is 0 Å². The van der Waals surface area contributed by atoms with Crippen LogP contribution < -0.4 is 27.0 Å². The summed E-state index contributed by atoms with van der Waals surface area (Å²) in [6.45, 7) is 6.62. The normalized spacial score (nSPS) is 17.3. The third-order valence-corrected chi connectivity index (χ3v) is 12.4. The number of ether oxygens (including phenoxy) is 5. The molecule has 5 amide bonds. The lowest BCUT2D eigenvalue weighted by Gasteiger charge is -2.27. The number of amides is 5. The molecule has 1 aromatic carbocycles. The average Bonchev–Trinajstić information content (AvgIpc) is 3.71. The first-order chi connectivity index (χ1) is 34.1. The molecule has 1 aliphatic carbocycles. The van der Waals surface area contributed by atoms with Gasteiger partial charge in [0, 0.05) is 55.8 Å².